The Morgan fingerprint density at radius 3 is 1.06 bits per heavy atom. The molecule has 0 aromatic heterocycles. The minimum absolute atomic E-state index is 1.28. The molecule has 0 bridgehead atoms. The molecule has 0 fully saturated rings. The van der Waals surface area contributed by atoms with Crippen LogP contribution in [0.5, 0.6) is 0 Å². The van der Waals surface area contributed by atoms with Crippen LogP contribution >= 0.6 is 0 Å². The van der Waals surface area contributed by atoms with E-state index in [9.17, 15) is 0 Å². The Morgan fingerprint density at radius 1 is 0.562 bits per heavy atom. The summed E-state index contributed by atoms with van der Waals surface area (Å²) in [7, 11) is 1.50. The summed E-state index contributed by atoms with van der Waals surface area (Å²) in [5.41, 5.74) is 7.05. The molecule has 2 rings (SSSR count). The molecule has 2 aromatic rings. The van der Waals surface area contributed by atoms with Crippen LogP contribution < -0.4 is 5.73 Å². The van der Waals surface area contributed by atoms with Gasteiger partial charge in [0, 0.05) is 0 Å². The molecule has 0 radical (unpaired) electrons. The summed E-state index contributed by atoms with van der Waals surface area (Å²) >= 11 is 0. The second-order valence-corrected chi connectivity index (χ2v) is 2.73. The van der Waals surface area contributed by atoms with Crippen molar-refractivity contribution in [3.05, 3.63) is 60.7 Å². The smallest absolute Gasteiger partial charge is 0.0184 e. The highest BCUT2D eigenvalue weighted by Gasteiger charge is 1.91. The third kappa shape index (κ3) is 4.76. The molecule has 0 aliphatic rings. The third-order valence-electron chi connectivity index (χ3n) is 1.88. The van der Waals surface area contributed by atoms with E-state index in [2.05, 4.69) is 54.3 Å². The second-order valence-electron chi connectivity index (χ2n) is 2.73. The molecule has 0 heterocycles. The molecule has 0 saturated heterocycles. The highest BCUT2D eigenvalue weighted by Crippen LogP contribution is 2.17. The normalized spacial score (nSPS) is 8.00. The number of rotatable bonds is 1. The number of benzene rings is 2. The summed E-state index contributed by atoms with van der Waals surface area (Å²) in [6, 6.07) is 20.8. The fraction of sp³-hybridized carbons (Fsp3) is 0.200. The van der Waals surface area contributed by atoms with Crippen LogP contribution in [0.1, 0.15) is 13.8 Å². The first kappa shape index (κ1) is 14.4. The van der Waals surface area contributed by atoms with Crippen molar-refractivity contribution in [1.29, 1.82) is 0 Å². The lowest BCUT2D eigenvalue weighted by atomic mass is 10.1. The molecule has 2 aromatic carbocycles. The van der Waals surface area contributed by atoms with Crippen LogP contribution in [0, 0.1) is 0 Å². The van der Waals surface area contributed by atoms with E-state index in [1.807, 2.05) is 26.0 Å². The van der Waals surface area contributed by atoms with Crippen LogP contribution in [0.15, 0.2) is 60.7 Å². The van der Waals surface area contributed by atoms with Gasteiger partial charge >= 0.3 is 0 Å². The zero-order valence-corrected chi connectivity index (χ0v) is 10.4. The van der Waals surface area contributed by atoms with Gasteiger partial charge in [0.15, 0.2) is 0 Å². The first-order valence-electron chi connectivity index (χ1n) is 5.65. The van der Waals surface area contributed by atoms with Crippen molar-refractivity contribution < 1.29 is 0 Å². The number of hydrogen-bond acceptors (Lipinski definition) is 1. The highest BCUT2D eigenvalue weighted by atomic mass is 14.4. The van der Waals surface area contributed by atoms with Crippen molar-refractivity contribution >= 4 is 0 Å². The second kappa shape index (κ2) is 9.94. The maximum atomic E-state index is 4.50. The summed E-state index contributed by atoms with van der Waals surface area (Å²) in [4.78, 5) is 0. The molecule has 0 atom stereocenters. The van der Waals surface area contributed by atoms with Crippen LogP contribution in [-0.2, 0) is 0 Å². The van der Waals surface area contributed by atoms with Gasteiger partial charge in [0.05, 0.1) is 0 Å². The molecular formula is C15H21N. The van der Waals surface area contributed by atoms with Gasteiger partial charge in [-0.3, -0.25) is 0 Å². The lowest BCUT2D eigenvalue weighted by Gasteiger charge is -1.98. The summed E-state index contributed by atoms with van der Waals surface area (Å²) < 4.78 is 0. The maximum Gasteiger partial charge on any atom is -0.0184 e. The van der Waals surface area contributed by atoms with E-state index in [-0.39, 0.29) is 0 Å². The molecule has 1 nitrogen and oxygen atoms in total. The zero-order valence-electron chi connectivity index (χ0n) is 10.4. The van der Waals surface area contributed by atoms with Crippen molar-refractivity contribution in [2.45, 2.75) is 13.8 Å². The fourth-order valence-electron chi connectivity index (χ4n) is 1.26. The summed E-state index contributed by atoms with van der Waals surface area (Å²) in [5.74, 6) is 0. The van der Waals surface area contributed by atoms with Crippen LogP contribution in [0.2, 0.25) is 0 Å². The van der Waals surface area contributed by atoms with Gasteiger partial charge in [-0.05, 0) is 18.2 Å². The maximum absolute atomic E-state index is 4.50. The molecule has 0 spiro atoms. The molecule has 0 unspecified atom stereocenters. The van der Waals surface area contributed by atoms with Crippen molar-refractivity contribution in [1.82, 2.24) is 0 Å². The van der Waals surface area contributed by atoms with E-state index >= 15 is 0 Å². The number of nitrogens with two attached hydrogens (primary N) is 1. The van der Waals surface area contributed by atoms with E-state index in [1.54, 1.807) is 0 Å². The Balaban J connectivity index is 0.000000509. The van der Waals surface area contributed by atoms with E-state index in [1.165, 1.54) is 18.2 Å². The third-order valence-corrected chi connectivity index (χ3v) is 1.88. The quantitative estimate of drug-likeness (QED) is 0.765. The lowest BCUT2D eigenvalue weighted by molar-refractivity contribution is 1.48. The topological polar surface area (TPSA) is 26.0 Å². The van der Waals surface area contributed by atoms with Gasteiger partial charge in [0.1, 0.15) is 0 Å². The molecule has 2 N–H and O–H groups in total. The average molecular weight is 215 g/mol. The molecule has 16 heavy (non-hydrogen) atoms. The van der Waals surface area contributed by atoms with Gasteiger partial charge in [-0.25, -0.2) is 0 Å². The minimum atomic E-state index is 1.28. The minimum Gasteiger partial charge on any atom is -0.333 e. The summed E-state index contributed by atoms with van der Waals surface area (Å²) in [6.07, 6.45) is 0. The van der Waals surface area contributed by atoms with Crippen LogP contribution in [0.4, 0.5) is 0 Å². The van der Waals surface area contributed by atoms with Crippen molar-refractivity contribution in [3.8, 4) is 11.1 Å². The highest BCUT2D eigenvalue weighted by molar-refractivity contribution is 5.62. The molecule has 86 valence electrons. The van der Waals surface area contributed by atoms with Gasteiger partial charge in [-0.1, -0.05) is 74.5 Å². The van der Waals surface area contributed by atoms with E-state index in [4.69, 9.17) is 0 Å². The Labute approximate surface area is 98.9 Å². The first-order chi connectivity index (χ1) is 7.97. The fourth-order valence-corrected chi connectivity index (χ4v) is 1.26. The van der Waals surface area contributed by atoms with Crippen molar-refractivity contribution in [3.63, 3.8) is 0 Å². The predicted octanol–water partition coefficient (Wildman–Crippen LogP) is 3.95. The molecule has 0 aliphatic carbocycles. The summed E-state index contributed by atoms with van der Waals surface area (Å²) in [5, 5.41) is 0. The average Bonchev–Trinajstić information content (AvgIpc) is 2.45. The van der Waals surface area contributed by atoms with Gasteiger partial charge in [-0.2, -0.15) is 0 Å². The largest absolute Gasteiger partial charge is 0.333 e. The van der Waals surface area contributed by atoms with Crippen LogP contribution in [0.25, 0.3) is 11.1 Å². The van der Waals surface area contributed by atoms with Crippen molar-refractivity contribution in [2.24, 2.45) is 5.73 Å². The van der Waals surface area contributed by atoms with Crippen molar-refractivity contribution in [2.75, 3.05) is 7.05 Å². The Bertz CT molecular complexity index is 303. The first-order valence-corrected chi connectivity index (χ1v) is 5.65. The van der Waals surface area contributed by atoms with Gasteiger partial charge in [0.2, 0.25) is 0 Å². The van der Waals surface area contributed by atoms with Gasteiger partial charge in [0.25, 0.3) is 0 Å². The van der Waals surface area contributed by atoms with Crippen LogP contribution in [-0.4, -0.2) is 7.05 Å². The molecular weight excluding hydrogens is 194 g/mol. The molecule has 0 amide bonds. The number of hydrogen-bond donors (Lipinski definition) is 1. The Kier molecular flexibility index (Phi) is 8.94. The molecule has 0 aliphatic heterocycles. The van der Waals surface area contributed by atoms with Gasteiger partial charge in [-0.15, -0.1) is 0 Å². The monoisotopic (exact) mass is 215 g/mol. The van der Waals surface area contributed by atoms with E-state index < -0.39 is 0 Å². The lowest BCUT2D eigenvalue weighted by Crippen LogP contribution is -1.73. The van der Waals surface area contributed by atoms with E-state index in [0.29, 0.717) is 0 Å². The van der Waals surface area contributed by atoms with E-state index in [0.717, 1.165) is 0 Å². The van der Waals surface area contributed by atoms with Gasteiger partial charge < -0.3 is 5.73 Å². The Hall–Kier alpha value is -1.60. The van der Waals surface area contributed by atoms with Crippen LogP contribution in [0.3, 0.4) is 0 Å². The summed E-state index contributed by atoms with van der Waals surface area (Å²) in [6.45, 7) is 4.00. The predicted molar refractivity (Wildman–Crippen MR) is 73.3 cm³/mol. The molecule has 1 heteroatoms. The SMILES string of the molecule is CC.CN.c1ccc(-c2ccccc2)cc1. The Morgan fingerprint density at radius 2 is 0.812 bits per heavy atom. The molecule has 0 saturated carbocycles. The zero-order chi connectivity index (χ0) is 12.2. The standard InChI is InChI=1S/C12H10.C2H6.CH5N/c1-3-7-11(8-4-1)12-9-5-2-6-10-12;2*1-2/h1-10H;1-2H3;2H2,1H3.